The first-order valence-electron chi connectivity index (χ1n) is 9.88. The summed E-state index contributed by atoms with van der Waals surface area (Å²) in [6.45, 7) is 12.6. The summed E-state index contributed by atoms with van der Waals surface area (Å²) >= 11 is 2.04. The van der Waals surface area contributed by atoms with Crippen LogP contribution in [-0.2, 0) is 24.1 Å². The van der Waals surface area contributed by atoms with Crippen LogP contribution in [-0.4, -0.2) is 47.9 Å². The monoisotopic (exact) mass is 382 g/mol. The number of ether oxygens (including phenoxy) is 1. The van der Waals surface area contributed by atoms with E-state index in [9.17, 15) is 0 Å². The Balaban J connectivity index is 2.05. The molecule has 1 aliphatic rings. The van der Waals surface area contributed by atoms with Crippen molar-refractivity contribution in [1.29, 1.82) is 0 Å². The normalized spacial score (nSPS) is 17.3. The van der Waals surface area contributed by atoms with Gasteiger partial charge in [0.05, 0.1) is 12.2 Å². The highest BCUT2D eigenvalue weighted by atomic mass is 32.2. The second-order valence-electron chi connectivity index (χ2n) is 6.52. The Kier molecular flexibility index (Phi) is 8.78. The maximum atomic E-state index is 5.57. The average molecular weight is 383 g/mol. The largest absolute Gasteiger partial charge is 0.381 e. The minimum atomic E-state index is 0.240. The molecule has 148 valence electrons. The fourth-order valence-corrected chi connectivity index (χ4v) is 4.52. The lowest BCUT2D eigenvalue weighted by Crippen LogP contribution is -2.48. The number of thioether (sulfide) groups is 1. The summed E-state index contributed by atoms with van der Waals surface area (Å²) in [4.78, 5) is 4.80. The standard InChI is InChI=1S/C19H34N4O2S/c1-5-16-15(17(6-2)25-23-16)13-21-18(20-7-3)22-14-19(26-8-4)9-11-24-12-10-19/h5-14H2,1-4H3,(H2,20,21,22). The number of nitrogens with one attached hydrogen (secondary N) is 2. The molecule has 1 saturated heterocycles. The predicted octanol–water partition coefficient (Wildman–Crippen LogP) is 3.16. The van der Waals surface area contributed by atoms with Gasteiger partial charge in [0.2, 0.25) is 0 Å². The number of hydrogen-bond acceptors (Lipinski definition) is 5. The number of aryl methyl sites for hydroxylation is 2. The molecule has 0 aromatic carbocycles. The molecule has 26 heavy (non-hydrogen) atoms. The van der Waals surface area contributed by atoms with Gasteiger partial charge in [-0.2, -0.15) is 11.8 Å². The van der Waals surface area contributed by atoms with Gasteiger partial charge in [-0.1, -0.05) is 25.9 Å². The first-order valence-corrected chi connectivity index (χ1v) is 10.9. The molecule has 6 nitrogen and oxygen atoms in total. The van der Waals surface area contributed by atoms with E-state index in [4.69, 9.17) is 14.3 Å². The van der Waals surface area contributed by atoms with Gasteiger partial charge in [0.25, 0.3) is 0 Å². The zero-order chi connectivity index (χ0) is 18.8. The van der Waals surface area contributed by atoms with Gasteiger partial charge < -0.3 is 19.9 Å². The van der Waals surface area contributed by atoms with E-state index in [1.54, 1.807) is 0 Å². The summed E-state index contributed by atoms with van der Waals surface area (Å²) in [6.07, 6.45) is 3.89. The van der Waals surface area contributed by atoms with Crippen molar-refractivity contribution < 1.29 is 9.26 Å². The molecule has 2 rings (SSSR count). The van der Waals surface area contributed by atoms with E-state index in [0.717, 1.165) is 80.7 Å². The van der Waals surface area contributed by atoms with Crippen molar-refractivity contribution in [3.8, 4) is 0 Å². The zero-order valence-electron chi connectivity index (χ0n) is 16.7. The molecule has 1 aromatic rings. The molecular weight excluding hydrogens is 348 g/mol. The van der Waals surface area contributed by atoms with Crippen LogP contribution in [0.4, 0.5) is 0 Å². The van der Waals surface area contributed by atoms with E-state index in [1.165, 1.54) is 0 Å². The summed E-state index contributed by atoms with van der Waals surface area (Å²) in [5.74, 6) is 2.93. The van der Waals surface area contributed by atoms with Crippen LogP contribution in [0.2, 0.25) is 0 Å². The van der Waals surface area contributed by atoms with Crippen LogP contribution < -0.4 is 10.6 Å². The average Bonchev–Trinajstić information content (AvgIpc) is 3.07. The van der Waals surface area contributed by atoms with Crippen LogP contribution in [0, 0.1) is 0 Å². The molecule has 0 saturated carbocycles. The van der Waals surface area contributed by atoms with E-state index >= 15 is 0 Å². The Labute approximate surface area is 161 Å². The SMILES string of the molecule is CCNC(=NCc1c(CC)noc1CC)NCC1(SCC)CCOCC1. The number of rotatable bonds is 9. The summed E-state index contributed by atoms with van der Waals surface area (Å²) in [5, 5.41) is 11.1. The van der Waals surface area contributed by atoms with Crippen molar-refractivity contribution in [1.82, 2.24) is 15.8 Å². The molecule has 0 radical (unpaired) electrons. The summed E-state index contributed by atoms with van der Waals surface area (Å²) in [5.41, 5.74) is 2.15. The molecule has 2 N–H and O–H groups in total. The van der Waals surface area contributed by atoms with E-state index in [1.807, 2.05) is 11.8 Å². The number of aromatic nitrogens is 1. The number of aliphatic imine (C=N–C) groups is 1. The Morgan fingerprint density at radius 3 is 2.54 bits per heavy atom. The molecule has 1 aliphatic heterocycles. The van der Waals surface area contributed by atoms with Crippen molar-refractivity contribution in [2.24, 2.45) is 4.99 Å². The Hall–Kier alpha value is -1.21. The highest BCUT2D eigenvalue weighted by Crippen LogP contribution is 2.34. The van der Waals surface area contributed by atoms with Gasteiger partial charge in [-0.05, 0) is 31.9 Å². The molecule has 0 amide bonds. The lowest BCUT2D eigenvalue weighted by Gasteiger charge is -2.37. The third kappa shape index (κ3) is 5.64. The zero-order valence-corrected chi connectivity index (χ0v) is 17.5. The lowest BCUT2D eigenvalue weighted by atomic mass is 9.99. The van der Waals surface area contributed by atoms with Crippen LogP contribution >= 0.6 is 11.8 Å². The van der Waals surface area contributed by atoms with Crippen molar-refractivity contribution in [2.75, 3.05) is 32.1 Å². The van der Waals surface area contributed by atoms with Crippen LogP contribution in [0.1, 0.15) is 57.6 Å². The van der Waals surface area contributed by atoms with E-state index in [-0.39, 0.29) is 4.75 Å². The van der Waals surface area contributed by atoms with Crippen LogP contribution in [0.15, 0.2) is 9.52 Å². The molecule has 0 unspecified atom stereocenters. The minimum absolute atomic E-state index is 0.240. The van der Waals surface area contributed by atoms with Gasteiger partial charge in [-0.15, -0.1) is 0 Å². The minimum Gasteiger partial charge on any atom is -0.381 e. The lowest BCUT2D eigenvalue weighted by molar-refractivity contribution is 0.0782. The number of nitrogens with zero attached hydrogens (tertiary/aromatic N) is 2. The molecule has 0 bridgehead atoms. The van der Waals surface area contributed by atoms with Crippen molar-refractivity contribution >= 4 is 17.7 Å². The third-order valence-electron chi connectivity index (χ3n) is 4.78. The molecule has 0 spiro atoms. The van der Waals surface area contributed by atoms with Crippen LogP contribution in [0.5, 0.6) is 0 Å². The second kappa shape index (κ2) is 10.8. The molecule has 2 heterocycles. The van der Waals surface area contributed by atoms with Gasteiger partial charge >= 0.3 is 0 Å². The van der Waals surface area contributed by atoms with E-state index < -0.39 is 0 Å². The van der Waals surface area contributed by atoms with Crippen LogP contribution in [0.25, 0.3) is 0 Å². The molecular formula is C19H34N4O2S. The highest BCUT2D eigenvalue weighted by molar-refractivity contribution is 8.00. The fraction of sp³-hybridized carbons (Fsp3) is 0.789. The molecule has 7 heteroatoms. The Morgan fingerprint density at radius 2 is 1.92 bits per heavy atom. The van der Waals surface area contributed by atoms with Crippen molar-refractivity contribution in [3.05, 3.63) is 17.0 Å². The predicted molar refractivity (Wildman–Crippen MR) is 109 cm³/mol. The number of guanidine groups is 1. The maximum absolute atomic E-state index is 5.57. The van der Waals surface area contributed by atoms with Gasteiger partial charge in [-0.3, -0.25) is 0 Å². The summed E-state index contributed by atoms with van der Waals surface area (Å²) in [6, 6.07) is 0. The highest BCUT2D eigenvalue weighted by Gasteiger charge is 2.32. The number of hydrogen-bond donors (Lipinski definition) is 2. The Morgan fingerprint density at radius 1 is 1.15 bits per heavy atom. The topological polar surface area (TPSA) is 71.7 Å². The first-order chi connectivity index (χ1) is 12.7. The van der Waals surface area contributed by atoms with Crippen LogP contribution in [0.3, 0.4) is 0 Å². The van der Waals surface area contributed by atoms with Crippen molar-refractivity contribution in [3.63, 3.8) is 0 Å². The molecule has 0 aliphatic carbocycles. The first kappa shape index (κ1) is 21.1. The summed E-state index contributed by atoms with van der Waals surface area (Å²) < 4.78 is 11.3. The fourth-order valence-electron chi connectivity index (χ4n) is 3.28. The van der Waals surface area contributed by atoms with Gasteiger partial charge in [0.1, 0.15) is 5.76 Å². The quantitative estimate of drug-likeness (QED) is 0.505. The van der Waals surface area contributed by atoms with Crippen molar-refractivity contribution in [2.45, 2.75) is 64.7 Å². The molecule has 1 aromatic heterocycles. The second-order valence-corrected chi connectivity index (χ2v) is 8.25. The Bertz CT molecular complexity index is 541. The molecule has 0 atom stereocenters. The maximum Gasteiger partial charge on any atom is 0.191 e. The third-order valence-corrected chi connectivity index (χ3v) is 6.23. The molecule has 1 fully saturated rings. The van der Waals surface area contributed by atoms with E-state index in [0.29, 0.717) is 6.54 Å². The van der Waals surface area contributed by atoms with E-state index in [2.05, 4.69) is 43.5 Å². The van der Waals surface area contributed by atoms with Gasteiger partial charge in [-0.25, -0.2) is 4.99 Å². The smallest absolute Gasteiger partial charge is 0.191 e. The van der Waals surface area contributed by atoms with Gasteiger partial charge in [0.15, 0.2) is 5.96 Å². The summed E-state index contributed by atoms with van der Waals surface area (Å²) in [7, 11) is 0. The van der Waals surface area contributed by atoms with Gasteiger partial charge in [0, 0.05) is 43.0 Å².